The van der Waals surface area contributed by atoms with Gasteiger partial charge >= 0.3 is 19.8 Å². The molecule has 56 heavy (non-hydrogen) atoms. The van der Waals surface area contributed by atoms with E-state index < -0.39 is 26.5 Å². The van der Waals surface area contributed by atoms with Gasteiger partial charge in [-0.2, -0.15) is 0 Å². The summed E-state index contributed by atoms with van der Waals surface area (Å²) in [6, 6.07) is 0. The number of ether oxygens (including phenoxy) is 2. The van der Waals surface area contributed by atoms with E-state index in [0.29, 0.717) is 6.42 Å². The van der Waals surface area contributed by atoms with Crippen LogP contribution < -0.4 is 0 Å². The van der Waals surface area contributed by atoms with E-state index in [1.54, 1.807) is 0 Å². The normalized spacial score (nSPS) is 13.9. The Hall–Kier alpha value is -2.25. The van der Waals surface area contributed by atoms with Gasteiger partial charge < -0.3 is 14.4 Å². The summed E-state index contributed by atoms with van der Waals surface area (Å²) < 4.78 is 32.0. The summed E-state index contributed by atoms with van der Waals surface area (Å²) in [6.07, 6.45) is 52.7. The average Bonchev–Trinajstić information content (AvgIpc) is 3.19. The first-order valence-corrected chi connectivity index (χ1v) is 24.0. The standard InChI is InChI=1S/C47H83O8P/c1-4-6-8-10-12-14-16-18-20-22-23-24-25-26-28-30-32-34-36-38-40-42-47(49)55-45(44-54-56(50,51)52-3)43-53-46(48)41-39-37-35-33-31-29-27-21-19-17-15-13-11-9-7-5-2/h6,8,12,14,18,20-21,23-24,27,45H,4-5,7,9-11,13,15-17,19,22,25-26,28-44H2,1-3H3,(H,50,51)/b8-6-,14-12-,20-18-,24-23-,27-21-. The topological polar surface area (TPSA) is 108 Å². The maximum absolute atomic E-state index is 12.5. The van der Waals surface area contributed by atoms with Crippen molar-refractivity contribution in [3.8, 4) is 0 Å². The fraction of sp³-hybridized carbons (Fsp3) is 0.745. The van der Waals surface area contributed by atoms with Crippen molar-refractivity contribution in [1.82, 2.24) is 0 Å². The van der Waals surface area contributed by atoms with Crippen molar-refractivity contribution in [2.24, 2.45) is 0 Å². The van der Waals surface area contributed by atoms with E-state index in [0.717, 1.165) is 97.0 Å². The predicted octanol–water partition coefficient (Wildman–Crippen LogP) is 14.3. The van der Waals surface area contributed by atoms with Crippen LogP contribution in [0.3, 0.4) is 0 Å². The molecular formula is C47H83O8P. The molecule has 0 saturated carbocycles. The van der Waals surface area contributed by atoms with E-state index in [2.05, 4.69) is 79.1 Å². The Kier molecular flexibility index (Phi) is 40.7. The molecule has 0 aliphatic carbocycles. The van der Waals surface area contributed by atoms with Gasteiger partial charge in [0.05, 0.1) is 6.61 Å². The van der Waals surface area contributed by atoms with Gasteiger partial charge in [-0.1, -0.05) is 171 Å². The summed E-state index contributed by atoms with van der Waals surface area (Å²) in [5.41, 5.74) is 0. The third-order valence-corrected chi connectivity index (χ3v) is 10.4. The molecule has 0 spiro atoms. The molecule has 9 heteroatoms. The van der Waals surface area contributed by atoms with Gasteiger partial charge in [-0.25, -0.2) is 4.57 Å². The molecule has 0 aromatic carbocycles. The van der Waals surface area contributed by atoms with Crippen LogP contribution in [0.5, 0.6) is 0 Å². The van der Waals surface area contributed by atoms with Crippen LogP contribution in [0.15, 0.2) is 60.8 Å². The maximum Gasteiger partial charge on any atom is 0.472 e. The molecule has 0 amide bonds. The highest BCUT2D eigenvalue weighted by Gasteiger charge is 2.24. The number of rotatable bonds is 41. The summed E-state index contributed by atoms with van der Waals surface area (Å²) in [5, 5.41) is 0. The second-order valence-corrected chi connectivity index (χ2v) is 16.4. The van der Waals surface area contributed by atoms with E-state index in [1.807, 2.05) is 0 Å². The van der Waals surface area contributed by atoms with Gasteiger partial charge in [0.15, 0.2) is 6.10 Å². The number of phosphoric acid groups is 1. The van der Waals surface area contributed by atoms with E-state index in [9.17, 15) is 19.0 Å². The first-order valence-electron chi connectivity index (χ1n) is 22.5. The molecule has 0 aromatic rings. The SMILES string of the molecule is CC/C=C\C/C=C\C/C=C\C/C=C\CCCCCCCCCCC(=O)OC(COC(=O)CCCCCCC/C=C\CCCCCCCCC)COP(=O)(O)OC. The zero-order chi connectivity index (χ0) is 41.1. The molecule has 0 saturated heterocycles. The molecule has 0 aliphatic rings. The van der Waals surface area contributed by atoms with Gasteiger partial charge in [0.2, 0.25) is 0 Å². The molecule has 2 atom stereocenters. The van der Waals surface area contributed by atoms with E-state index >= 15 is 0 Å². The van der Waals surface area contributed by atoms with Crippen molar-refractivity contribution in [2.45, 2.75) is 206 Å². The number of carbonyl (C=O) groups is 2. The van der Waals surface area contributed by atoms with Crippen LogP contribution in [0.4, 0.5) is 0 Å². The van der Waals surface area contributed by atoms with Gasteiger partial charge in [-0.15, -0.1) is 0 Å². The molecule has 2 unspecified atom stereocenters. The van der Waals surface area contributed by atoms with Crippen LogP contribution in [0.2, 0.25) is 0 Å². The molecule has 0 aliphatic heterocycles. The van der Waals surface area contributed by atoms with Crippen molar-refractivity contribution in [2.75, 3.05) is 20.3 Å². The molecule has 0 radical (unpaired) electrons. The number of hydrogen-bond donors (Lipinski definition) is 1. The predicted molar refractivity (Wildman–Crippen MR) is 235 cm³/mol. The zero-order valence-electron chi connectivity index (χ0n) is 36.0. The minimum Gasteiger partial charge on any atom is -0.462 e. The van der Waals surface area contributed by atoms with Gasteiger partial charge in [-0.3, -0.25) is 18.6 Å². The zero-order valence-corrected chi connectivity index (χ0v) is 36.9. The first kappa shape index (κ1) is 53.8. The Bertz CT molecular complexity index is 1100. The molecular weight excluding hydrogens is 723 g/mol. The highest BCUT2D eigenvalue weighted by Crippen LogP contribution is 2.42. The Morgan fingerprint density at radius 3 is 1.38 bits per heavy atom. The number of hydrogen-bond acceptors (Lipinski definition) is 7. The summed E-state index contributed by atoms with van der Waals surface area (Å²) in [6.45, 7) is 3.77. The molecule has 0 bridgehead atoms. The Morgan fingerprint density at radius 2 is 0.911 bits per heavy atom. The van der Waals surface area contributed by atoms with Crippen LogP contribution in [-0.4, -0.2) is 43.3 Å². The fourth-order valence-electron chi connectivity index (χ4n) is 6.06. The molecule has 8 nitrogen and oxygen atoms in total. The van der Waals surface area contributed by atoms with Crippen molar-refractivity contribution in [3.63, 3.8) is 0 Å². The van der Waals surface area contributed by atoms with Gasteiger partial charge in [0, 0.05) is 20.0 Å². The van der Waals surface area contributed by atoms with Crippen LogP contribution in [0, 0.1) is 0 Å². The lowest BCUT2D eigenvalue weighted by Crippen LogP contribution is -2.29. The number of phosphoric ester groups is 1. The van der Waals surface area contributed by atoms with E-state index in [4.69, 9.17) is 14.0 Å². The molecule has 0 fully saturated rings. The lowest BCUT2D eigenvalue weighted by molar-refractivity contribution is -0.161. The smallest absolute Gasteiger partial charge is 0.462 e. The van der Waals surface area contributed by atoms with Crippen LogP contribution in [0.25, 0.3) is 0 Å². The fourth-order valence-corrected chi connectivity index (χ4v) is 6.52. The highest BCUT2D eigenvalue weighted by molar-refractivity contribution is 7.47. The van der Waals surface area contributed by atoms with Crippen LogP contribution in [0.1, 0.15) is 200 Å². The number of esters is 2. The largest absolute Gasteiger partial charge is 0.472 e. The third-order valence-electron chi connectivity index (χ3n) is 9.50. The Morgan fingerprint density at radius 1 is 0.518 bits per heavy atom. The van der Waals surface area contributed by atoms with E-state index in [1.165, 1.54) is 77.0 Å². The molecule has 324 valence electrons. The van der Waals surface area contributed by atoms with Crippen molar-refractivity contribution >= 4 is 19.8 Å². The minimum atomic E-state index is -4.27. The quantitative estimate of drug-likeness (QED) is 0.0282. The lowest BCUT2D eigenvalue weighted by atomic mass is 10.1. The highest BCUT2D eigenvalue weighted by atomic mass is 31.2. The Balaban J connectivity index is 4.00. The van der Waals surface area contributed by atoms with Crippen LogP contribution in [-0.2, 0) is 32.7 Å². The maximum atomic E-state index is 12.5. The molecule has 0 heterocycles. The monoisotopic (exact) mass is 807 g/mol. The van der Waals surface area contributed by atoms with E-state index in [-0.39, 0.29) is 25.4 Å². The van der Waals surface area contributed by atoms with Crippen molar-refractivity contribution in [1.29, 1.82) is 0 Å². The minimum absolute atomic E-state index is 0.232. The van der Waals surface area contributed by atoms with Gasteiger partial charge in [0.25, 0.3) is 0 Å². The second kappa shape index (κ2) is 42.4. The molecule has 1 N–H and O–H groups in total. The third kappa shape index (κ3) is 41.4. The molecule has 0 rings (SSSR count). The van der Waals surface area contributed by atoms with Gasteiger partial charge in [0.1, 0.15) is 6.61 Å². The summed E-state index contributed by atoms with van der Waals surface area (Å²) in [7, 11) is -3.21. The Labute approximate surface area is 343 Å². The number of unbranched alkanes of at least 4 members (excludes halogenated alkanes) is 20. The van der Waals surface area contributed by atoms with Crippen molar-refractivity contribution < 1.29 is 37.6 Å². The average molecular weight is 807 g/mol. The number of carbonyl (C=O) groups excluding carboxylic acids is 2. The van der Waals surface area contributed by atoms with Crippen LogP contribution >= 0.6 is 7.82 Å². The van der Waals surface area contributed by atoms with Crippen molar-refractivity contribution in [3.05, 3.63) is 60.8 Å². The summed E-state index contributed by atoms with van der Waals surface area (Å²) >= 11 is 0. The summed E-state index contributed by atoms with van der Waals surface area (Å²) in [5.74, 6) is -0.823. The molecule has 0 aromatic heterocycles. The second-order valence-electron chi connectivity index (χ2n) is 14.8. The summed E-state index contributed by atoms with van der Waals surface area (Å²) in [4.78, 5) is 34.5. The first-order chi connectivity index (χ1) is 27.3. The van der Waals surface area contributed by atoms with Gasteiger partial charge in [-0.05, 0) is 77.0 Å². The number of allylic oxidation sites excluding steroid dienone is 10. The lowest BCUT2D eigenvalue weighted by Gasteiger charge is -2.19.